The first kappa shape index (κ1) is 10.5. The Kier molecular flexibility index (Phi) is 2.76. The van der Waals surface area contributed by atoms with Crippen LogP contribution in [0.4, 0.5) is 5.69 Å². The first-order chi connectivity index (χ1) is 7.69. The number of benzene rings is 1. The van der Waals surface area contributed by atoms with E-state index in [-0.39, 0.29) is 12.5 Å². The third-order valence-corrected chi connectivity index (χ3v) is 2.16. The molecule has 2 aromatic rings. The number of hydrogen-bond acceptors (Lipinski definition) is 5. The molecule has 0 atom stereocenters. The molecular formula is C11H12N2O3. The molecule has 0 fully saturated rings. The number of esters is 1. The van der Waals surface area contributed by atoms with Gasteiger partial charge in [0.1, 0.15) is 12.1 Å². The Bertz CT molecular complexity index is 519. The van der Waals surface area contributed by atoms with Crippen LogP contribution in [0.1, 0.15) is 5.89 Å². The maximum Gasteiger partial charge on any atom is 0.325 e. The zero-order valence-corrected chi connectivity index (χ0v) is 9.11. The lowest BCUT2D eigenvalue weighted by Crippen LogP contribution is -2.14. The van der Waals surface area contributed by atoms with Crippen molar-refractivity contribution in [1.82, 2.24) is 4.98 Å². The minimum atomic E-state index is -0.311. The average molecular weight is 220 g/mol. The van der Waals surface area contributed by atoms with Gasteiger partial charge in [-0.25, -0.2) is 4.98 Å². The first-order valence-electron chi connectivity index (χ1n) is 4.87. The van der Waals surface area contributed by atoms with Crippen LogP contribution in [0.25, 0.3) is 11.1 Å². The zero-order chi connectivity index (χ0) is 11.5. The van der Waals surface area contributed by atoms with Crippen molar-refractivity contribution < 1.29 is 13.9 Å². The predicted molar refractivity (Wildman–Crippen MR) is 59.3 cm³/mol. The van der Waals surface area contributed by atoms with Crippen LogP contribution in [0.5, 0.6) is 0 Å². The molecule has 0 unspecified atom stereocenters. The van der Waals surface area contributed by atoms with E-state index < -0.39 is 0 Å². The van der Waals surface area contributed by atoms with Gasteiger partial charge in [0, 0.05) is 18.7 Å². The molecule has 1 N–H and O–H groups in total. The first-order valence-corrected chi connectivity index (χ1v) is 4.87. The van der Waals surface area contributed by atoms with Crippen LogP contribution in [0, 0.1) is 6.92 Å². The lowest BCUT2D eigenvalue weighted by molar-refractivity contribution is -0.138. The monoisotopic (exact) mass is 220 g/mol. The van der Waals surface area contributed by atoms with Gasteiger partial charge in [-0.2, -0.15) is 0 Å². The highest BCUT2D eigenvalue weighted by atomic mass is 16.5. The SMILES string of the molecule is COC(=O)CNc1ccc2nc(C)oc2c1. The van der Waals surface area contributed by atoms with Gasteiger partial charge in [0.15, 0.2) is 11.5 Å². The normalized spacial score (nSPS) is 10.4. The van der Waals surface area contributed by atoms with Gasteiger partial charge in [0.05, 0.1) is 7.11 Å². The van der Waals surface area contributed by atoms with Crippen molar-refractivity contribution in [3.63, 3.8) is 0 Å². The van der Waals surface area contributed by atoms with Crippen molar-refractivity contribution in [1.29, 1.82) is 0 Å². The van der Waals surface area contributed by atoms with Crippen molar-refractivity contribution in [3.05, 3.63) is 24.1 Å². The number of carbonyl (C=O) groups excluding carboxylic acids is 1. The fourth-order valence-corrected chi connectivity index (χ4v) is 1.40. The summed E-state index contributed by atoms with van der Waals surface area (Å²) < 4.78 is 9.90. The summed E-state index contributed by atoms with van der Waals surface area (Å²) in [5.41, 5.74) is 2.31. The Morgan fingerprint density at radius 3 is 3.12 bits per heavy atom. The molecule has 5 heteroatoms. The van der Waals surface area contributed by atoms with Crippen molar-refractivity contribution in [2.75, 3.05) is 19.0 Å². The molecule has 1 heterocycles. The number of methoxy groups -OCH3 is 1. The van der Waals surface area contributed by atoms with Crippen LogP contribution < -0.4 is 5.32 Å². The van der Waals surface area contributed by atoms with E-state index in [9.17, 15) is 4.79 Å². The third-order valence-electron chi connectivity index (χ3n) is 2.16. The topological polar surface area (TPSA) is 64.4 Å². The summed E-state index contributed by atoms with van der Waals surface area (Å²) in [5.74, 6) is 0.314. The molecule has 0 amide bonds. The van der Waals surface area contributed by atoms with E-state index in [0.29, 0.717) is 11.5 Å². The Morgan fingerprint density at radius 1 is 1.56 bits per heavy atom. The minimum Gasteiger partial charge on any atom is -0.468 e. The highest BCUT2D eigenvalue weighted by Crippen LogP contribution is 2.19. The number of anilines is 1. The van der Waals surface area contributed by atoms with Crippen LogP contribution in [0.15, 0.2) is 22.6 Å². The zero-order valence-electron chi connectivity index (χ0n) is 9.11. The Labute approximate surface area is 92.4 Å². The number of carbonyl (C=O) groups is 1. The summed E-state index contributed by atoms with van der Waals surface area (Å²) in [6.07, 6.45) is 0. The quantitative estimate of drug-likeness (QED) is 0.798. The van der Waals surface area contributed by atoms with Crippen LogP contribution in [0.3, 0.4) is 0 Å². The van der Waals surface area contributed by atoms with Crippen molar-refractivity contribution in [2.45, 2.75) is 6.92 Å². The van der Waals surface area contributed by atoms with E-state index in [1.807, 2.05) is 12.1 Å². The molecule has 0 spiro atoms. The van der Waals surface area contributed by atoms with Crippen LogP contribution in [-0.4, -0.2) is 24.6 Å². The molecule has 5 nitrogen and oxygen atoms in total. The van der Waals surface area contributed by atoms with Gasteiger partial charge in [0.25, 0.3) is 0 Å². The molecule has 0 bridgehead atoms. The summed E-state index contributed by atoms with van der Waals surface area (Å²) in [6.45, 7) is 1.93. The van der Waals surface area contributed by atoms with Crippen molar-refractivity contribution in [2.24, 2.45) is 0 Å². The van der Waals surface area contributed by atoms with Gasteiger partial charge in [-0.05, 0) is 12.1 Å². The van der Waals surface area contributed by atoms with Crippen LogP contribution >= 0.6 is 0 Å². The standard InChI is InChI=1S/C11H12N2O3/c1-7-13-9-4-3-8(5-10(9)16-7)12-6-11(14)15-2/h3-5,12H,6H2,1-2H3. The molecular weight excluding hydrogens is 208 g/mol. The number of nitrogens with one attached hydrogen (secondary N) is 1. The summed E-state index contributed by atoms with van der Waals surface area (Å²) in [5, 5.41) is 2.93. The van der Waals surface area contributed by atoms with Gasteiger partial charge in [-0.3, -0.25) is 4.79 Å². The summed E-state index contributed by atoms with van der Waals surface area (Å²) in [4.78, 5) is 15.1. The van der Waals surface area contributed by atoms with Gasteiger partial charge < -0.3 is 14.5 Å². The van der Waals surface area contributed by atoms with Crippen molar-refractivity contribution >= 4 is 22.8 Å². The van der Waals surface area contributed by atoms with Crippen molar-refractivity contribution in [3.8, 4) is 0 Å². The number of nitrogens with zero attached hydrogens (tertiary/aromatic N) is 1. The molecule has 1 aromatic carbocycles. The Balaban J connectivity index is 2.16. The molecule has 16 heavy (non-hydrogen) atoms. The minimum absolute atomic E-state index is 0.134. The van der Waals surface area contributed by atoms with E-state index in [0.717, 1.165) is 11.2 Å². The second kappa shape index (κ2) is 4.22. The summed E-state index contributed by atoms with van der Waals surface area (Å²) >= 11 is 0. The number of oxazole rings is 1. The smallest absolute Gasteiger partial charge is 0.325 e. The molecule has 0 aliphatic heterocycles. The fourth-order valence-electron chi connectivity index (χ4n) is 1.40. The summed E-state index contributed by atoms with van der Waals surface area (Å²) in [7, 11) is 1.35. The van der Waals surface area contributed by atoms with Gasteiger partial charge >= 0.3 is 5.97 Å². The van der Waals surface area contributed by atoms with E-state index in [4.69, 9.17) is 4.42 Å². The van der Waals surface area contributed by atoms with E-state index in [2.05, 4.69) is 15.0 Å². The number of aromatic nitrogens is 1. The molecule has 0 saturated carbocycles. The average Bonchev–Trinajstić information content (AvgIpc) is 2.65. The molecule has 1 aromatic heterocycles. The van der Waals surface area contributed by atoms with Gasteiger partial charge in [-0.15, -0.1) is 0 Å². The van der Waals surface area contributed by atoms with Gasteiger partial charge in [0.2, 0.25) is 0 Å². The van der Waals surface area contributed by atoms with Gasteiger partial charge in [-0.1, -0.05) is 0 Å². The number of ether oxygens (including phenoxy) is 1. The fraction of sp³-hybridized carbons (Fsp3) is 0.273. The third kappa shape index (κ3) is 2.13. The number of rotatable bonds is 3. The second-order valence-corrected chi connectivity index (χ2v) is 3.35. The largest absolute Gasteiger partial charge is 0.468 e. The predicted octanol–water partition coefficient (Wildman–Crippen LogP) is 1.72. The van der Waals surface area contributed by atoms with E-state index >= 15 is 0 Å². The molecule has 0 aliphatic carbocycles. The summed E-state index contributed by atoms with van der Waals surface area (Å²) in [6, 6.07) is 5.48. The lowest BCUT2D eigenvalue weighted by Gasteiger charge is -2.03. The van der Waals surface area contributed by atoms with E-state index in [1.165, 1.54) is 7.11 Å². The lowest BCUT2D eigenvalue weighted by atomic mass is 10.3. The molecule has 84 valence electrons. The molecule has 2 rings (SSSR count). The maximum atomic E-state index is 10.9. The Hall–Kier alpha value is -2.04. The number of fused-ring (bicyclic) bond motifs is 1. The molecule has 0 radical (unpaired) electrons. The highest BCUT2D eigenvalue weighted by Gasteiger charge is 2.04. The maximum absolute atomic E-state index is 10.9. The number of hydrogen-bond donors (Lipinski definition) is 1. The Morgan fingerprint density at radius 2 is 2.38 bits per heavy atom. The second-order valence-electron chi connectivity index (χ2n) is 3.35. The highest BCUT2D eigenvalue weighted by molar-refractivity contribution is 5.79. The van der Waals surface area contributed by atoms with E-state index in [1.54, 1.807) is 13.0 Å². The van der Waals surface area contributed by atoms with Crippen LogP contribution in [0.2, 0.25) is 0 Å². The molecule has 0 aliphatic rings. The molecule has 0 saturated heterocycles. The van der Waals surface area contributed by atoms with Crippen LogP contribution in [-0.2, 0) is 9.53 Å². The number of aryl methyl sites for hydroxylation is 1.